The van der Waals surface area contributed by atoms with E-state index >= 15 is 0 Å². The minimum Gasteiger partial charge on any atom is -0.490 e. The lowest BCUT2D eigenvalue weighted by atomic mass is 9.96. The smallest absolute Gasteiger partial charge is 0.259 e. The third-order valence-corrected chi connectivity index (χ3v) is 7.61. The standard InChI is InChI=1S/C30H33N3O3S/c1-4-35-26-18-22(13-14-25(26)36-16-15-31)19-32-30-28(23-9-7-5-6-8-10-27(23)37-30)29(34)33-24-17-20(2)11-12-21(24)3/h11-14,17-19H,4-10,16H2,1-3H3,(H,33,34). The van der Waals surface area contributed by atoms with E-state index < -0.39 is 0 Å². The number of thiophene rings is 1. The molecule has 1 aliphatic rings. The summed E-state index contributed by atoms with van der Waals surface area (Å²) in [6, 6.07) is 13.6. The van der Waals surface area contributed by atoms with Gasteiger partial charge in [-0.3, -0.25) is 4.79 Å². The fraction of sp³-hybridized carbons (Fsp3) is 0.367. The number of aliphatic imine (C=N–C) groups is 1. The van der Waals surface area contributed by atoms with E-state index in [1.807, 2.05) is 57.2 Å². The third kappa shape index (κ3) is 6.58. The predicted molar refractivity (Wildman–Crippen MR) is 150 cm³/mol. The lowest BCUT2D eigenvalue weighted by molar-refractivity contribution is 0.102. The van der Waals surface area contributed by atoms with E-state index in [-0.39, 0.29) is 12.5 Å². The molecule has 1 heterocycles. The van der Waals surface area contributed by atoms with Gasteiger partial charge in [-0.2, -0.15) is 5.26 Å². The van der Waals surface area contributed by atoms with Crippen LogP contribution >= 0.6 is 11.3 Å². The van der Waals surface area contributed by atoms with Crippen LogP contribution in [-0.4, -0.2) is 25.3 Å². The van der Waals surface area contributed by atoms with Crippen LogP contribution in [0, 0.1) is 25.2 Å². The molecule has 0 fully saturated rings. The number of benzene rings is 2. The van der Waals surface area contributed by atoms with Gasteiger partial charge in [-0.05, 0) is 93.0 Å². The Kier molecular flexibility index (Phi) is 8.97. The zero-order chi connectivity index (χ0) is 26.2. The lowest BCUT2D eigenvalue weighted by Crippen LogP contribution is -2.15. The molecule has 2 aromatic carbocycles. The maximum Gasteiger partial charge on any atom is 0.259 e. The molecule has 192 valence electrons. The van der Waals surface area contributed by atoms with Gasteiger partial charge in [0.1, 0.15) is 11.1 Å². The molecular weight excluding hydrogens is 482 g/mol. The topological polar surface area (TPSA) is 83.7 Å². The Hall–Kier alpha value is -3.63. The average molecular weight is 516 g/mol. The van der Waals surface area contributed by atoms with Gasteiger partial charge in [0.25, 0.3) is 5.91 Å². The number of hydrogen-bond donors (Lipinski definition) is 1. The molecule has 1 aromatic heterocycles. The third-order valence-electron chi connectivity index (χ3n) is 6.41. The summed E-state index contributed by atoms with van der Waals surface area (Å²) in [5.74, 6) is 0.982. The fourth-order valence-corrected chi connectivity index (χ4v) is 5.75. The maximum atomic E-state index is 13.7. The highest BCUT2D eigenvalue weighted by molar-refractivity contribution is 7.16. The van der Waals surface area contributed by atoms with Crippen molar-refractivity contribution < 1.29 is 14.3 Å². The van der Waals surface area contributed by atoms with Crippen molar-refractivity contribution in [3.63, 3.8) is 0 Å². The molecule has 0 atom stereocenters. The number of fused-ring (bicyclic) bond motifs is 1. The molecule has 37 heavy (non-hydrogen) atoms. The van der Waals surface area contributed by atoms with Crippen molar-refractivity contribution in [3.8, 4) is 17.6 Å². The van der Waals surface area contributed by atoms with Gasteiger partial charge in [0.05, 0.1) is 12.2 Å². The molecule has 0 aliphatic heterocycles. The van der Waals surface area contributed by atoms with E-state index in [9.17, 15) is 4.79 Å². The number of aryl methyl sites for hydroxylation is 3. The van der Waals surface area contributed by atoms with E-state index in [1.54, 1.807) is 23.6 Å². The summed E-state index contributed by atoms with van der Waals surface area (Å²) in [6.07, 6.45) is 8.28. The Morgan fingerprint density at radius 1 is 1.08 bits per heavy atom. The fourth-order valence-electron chi connectivity index (χ4n) is 4.52. The highest BCUT2D eigenvalue weighted by atomic mass is 32.1. The Morgan fingerprint density at radius 3 is 2.68 bits per heavy atom. The molecular formula is C30H33N3O3S. The highest BCUT2D eigenvalue weighted by Crippen LogP contribution is 2.39. The Bertz CT molecular complexity index is 1340. The number of nitriles is 1. The molecule has 7 heteroatoms. The molecule has 3 aromatic rings. The highest BCUT2D eigenvalue weighted by Gasteiger charge is 2.24. The maximum absolute atomic E-state index is 13.7. The first kappa shape index (κ1) is 26.4. The SMILES string of the molecule is CCOc1cc(C=Nc2sc3c(c2C(=O)Nc2cc(C)ccc2C)CCCCCC3)ccc1OCC#N. The zero-order valence-corrected chi connectivity index (χ0v) is 22.5. The van der Waals surface area contributed by atoms with Gasteiger partial charge in [-0.15, -0.1) is 11.3 Å². The zero-order valence-electron chi connectivity index (χ0n) is 21.7. The summed E-state index contributed by atoms with van der Waals surface area (Å²) in [6.45, 7) is 6.36. The molecule has 1 aliphatic carbocycles. The monoisotopic (exact) mass is 515 g/mol. The second-order valence-electron chi connectivity index (χ2n) is 9.21. The van der Waals surface area contributed by atoms with Gasteiger partial charge in [0.2, 0.25) is 0 Å². The van der Waals surface area contributed by atoms with Crippen LogP contribution in [0.5, 0.6) is 11.5 Å². The Morgan fingerprint density at radius 2 is 1.89 bits per heavy atom. The number of nitrogens with zero attached hydrogens (tertiary/aromatic N) is 2. The molecule has 0 radical (unpaired) electrons. The van der Waals surface area contributed by atoms with Crippen LogP contribution in [-0.2, 0) is 12.8 Å². The number of ether oxygens (including phenoxy) is 2. The van der Waals surface area contributed by atoms with Crippen LogP contribution in [0.25, 0.3) is 0 Å². The summed E-state index contributed by atoms with van der Waals surface area (Å²) >= 11 is 1.63. The summed E-state index contributed by atoms with van der Waals surface area (Å²) in [5, 5.41) is 12.7. The molecule has 0 unspecified atom stereocenters. The van der Waals surface area contributed by atoms with Crippen LogP contribution in [0.4, 0.5) is 10.7 Å². The molecule has 0 saturated heterocycles. The van der Waals surface area contributed by atoms with Gasteiger partial charge >= 0.3 is 0 Å². The van der Waals surface area contributed by atoms with Crippen molar-refractivity contribution >= 4 is 34.1 Å². The average Bonchev–Trinajstić information content (AvgIpc) is 3.20. The van der Waals surface area contributed by atoms with Crippen molar-refractivity contribution in [1.82, 2.24) is 0 Å². The second-order valence-corrected chi connectivity index (χ2v) is 10.3. The molecule has 1 N–H and O–H groups in total. The molecule has 0 saturated carbocycles. The number of anilines is 1. The lowest BCUT2D eigenvalue weighted by Gasteiger charge is -2.13. The largest absolute Gasteiger partial charge is 0.490 e. The van der Waals surface area contributed by atoms with Crippen molar-refractivity contribution in [1.29, 1.82) is 5.26 Å². The number of hydrogen-bond acceptors (Lipinski definition) is 6. The molecule has 0 spiro atoms. The Balaban J connectivity index is 1.69. The van der Waals surface area contributed by atoms with Gasteiger partial charge in [0, 0.05) is 16.8 Å². The van der Waals surface area contributed by atoms with E-state index in [1.165, 1.54) is 17.7 Å². The van der Waals surface area contributed by atoms with E-state index in [4.69, 9.17) is 19.7 Å². The van der Waals surface area contributed by atoms with Gasteiger partial charge < -0.3 is 14.8 Å². The van der Waals surface area contributed by atoms with E-state index in [0.717, 1.165) is 58.6 Å². The van der Waals surface area contributed by atoms with Crippen molar-refractivity contribution in [2.45, 2.75) is 59.3 Å². The van der Waals surface area contributed by atoms with Crippen molar-refractivity contribution in [2.24, 2.45) is 4.99 Å². The second kappa shape index (κ2) is 12.6. The minimum absolute atomic E-state index is 0.0485. The van der Waals surface area contributed by atoms with Gasteiger partial charge in [0.15, 0.2) is 18.1 Å². The van der Waals surface area contributed by atoms with Crippen LogP contribution < -0.4 is 14.8 Å². The predicted octanol–water partition coefficient (Wildman–Crippen LogP) is 7.33. The number of carbonyl (C=O) groups excluding carboxylic acids is 1. The first-order valence-electron chi connectivity index (χ1n) is 12.8. The van der Waals surface area contributed by atoms with Crippen LogP contribution in [0.1, 0.15) is 70.1 Å². The van der Waals surface area contributed by atoms with E-state index in [0.29, 0.717) is 23.7 Å². The van der Waals surface area contributed by atoms with Crippen molar-refractivity contribution in [2.75, 3.05) is 18.5 Å². The number of rotatable bonds is 8. The molecule has 4 rings (SSSR count). The quantitative estimate of drug-likeness (QED) is 0.318. The summed E-state index contributed by atoms with van der Waals surface area (Å²) in [4.78, 5) is 19.8. The summed E-state index contributed by atoms with van der Waals surface area (Å²) in [5.41, 5.74) is 5.64. The Labute approximate surface area is 223 Å². The summed E-state index contributed by atoms with van der Waals surface area (Å²) in [7, 11) is 0. The normalized spacial score (nSPS) is 13.4. The van der Waals surface area contributed by atoms with Crippen LogP contribution in [0.3, 0.4) is 0 Å². The number of carbonyl (C=O) groups is 1. The molecule has 6 nitrogen and oxygen atoms in total. The number of nitrogens with one attached hydrogen (secondary N) is 1. The number of amides is 1. The molecule has 0 bridgehead atoms. The summed E-state index contributed by atoms with van der Waals surface area (Å²) < 4.78 is 11.2. The van der Waals surface area contributed by atoms with Gasteiger partial charge in [-0.25, -0.2) is 4.99 Å². The first-order valence-corrected chi connectivity index (χ1v) is 13.7. The first-order chi connectivity index (χ1) is 18.0. The van der Waals surface area contributed by atoms with Crippen LogP contribution in [0.15, 0.2) is 41.4 Å². The minimum atomic E-state index is -0.103. The molecule has 1 amide bonds. The van der Waals surface area contributed by atoms with Crippen LogP contribution in [0.2, 0.25) is 0 Å². The van der Waals surface area contributed by atoms with E-state index in [2.05, 4.69) is 5.32 Å². The van der Waals surface area contributed by atoms with Gasteiger partial charge in [-0.1, -0.05) is 25.0 Å². The van der Waals surface area contributed by atoms with Crippen molar-refractivity contribution in [3.05, 3.63) is 69.1 Å².